The number of alkyl halides is 1. The van der Waals surface area contributed by atoms with Gasteiger partial charge in [0.15, 0.2) is 5.78 Å². The zero-order valence-corrected chi connectivity index (χ0v) is 12.4. The molecule has 0 spiro atoms. The molecule has 0 amide bonds. The average Bonchev–Trinajstić information content (AvgIpc) is 2.53. The number of hydrogen-bond acceptors (Lipinski definition) is 3. The Kier molecular flexibility index (Phi) is 4.81. The fourth-order valence-electron chi connectivity index (χ4n) is 1.93. The lowest BCUT2D eigenvalue weighted by atomic mass is 10.0. The van der Waals surface area contributed by atoms with Crippen LogP contribution in [0.15, 0.2) is 42.5 Å². The van der Waals surface area contributed by atoms with Gasteiger partial charge >= 0.3 is 0 Å². The Morgan fingerprint density at radius 3 is 2.33 bits per heavy atom. The van der Waals surface area contributed by atoms with Crippen molar-refractivity contribution in [2.75, 3.05) is 14.2 Å². The van der Waals surface area contributed by atoms with Crippen molar-refractivity contribution >= 4 is 17.4 Å². The molecular formula is C16H14ClFO3. The van der Waals surface area contributed by atoms with Gasteiger partial charge in [-0.2, -0.15) is 0 Å². The molecule has 0 aliphatic carbocycles. The SMILES string of the molecule is COc1ccc(OC)c(C(=O)C(Cl)c2ccc(F)cc2)c1. The average molecular weight is 309 g/mol. The first-order valence-electron chi connectivity index (χ1n) is 6.22. The van der Waals surface area contributed by atoms with Gasteiger partial charge in [0.2, 0.25) is 0 Å². The summed E-state index contributed by atoms with van der Waals surface area (Å²) in [6.07, 6.45) is 0. The number of halogens is 2. The second-order valence-corrected chi connectivity index (χ2v) is 4.78. The van der Waals surface area contributed by atoms with Crippen LogP contribution in [0.5, 0.6) is 11.5 Å². The van der Waals surface area contributed by atoms with Gasteiger partial charge in [0.1, 0.15) is 22.7 Å². The topological polar surface area (TPSA) is 35.5 Å². The van der Waals surface area contributed by atoms with E-state index in [1.165, 1.54) is 38.5 Å². The van der Waals surface area contributed by atoms with E-state index in [-0.39, 0.29) is 11.6 Å². The zero-order chi connectivity index (χ0) is 15.4. The maximum Gasteiger partial charge on any atom is 0.188 e. The molecular weight excluding hydrogens is 295 g/mol. The number of ether oxygens (including phenoxy) is 2. The highest BCUT2D eigenvalue weighted by Gasteiger charge is 2.23. The van der Waals surface area contributed by atoms with Gasteiger partial charge in [-0.15, -0.1) is 11.6 Å². The predicted octanol–water partition coefficient (Wildman–Crippen LogP) is 4.01. The fraction of sp³-hybridized carbons (Fsp3) is 0.188. The molecule has 0 saturated heterocycles. The molecule has 2 rings (SSSR count). The summed E-state index contributed by atoms with van der Waals surface area (Å²) in [4.78, 5) is 12.5. The van der Waals surface area contributed by atoms with Crippen molar-refractivity contribution in [3.05, 3.63) is 59.4 Å². The van der Waals surface area contributed by atoms with Crippen LogP contribution in [0.1, 0.15) is 21.3 Å². The highest BCUT2D eigenvalue weighted by atomic mass is 35.5. The van der Waals surface area contributed by atoms with Gasteiger partial charge < -0.3 is 9.47 Å². The van der Waals surface area contributed by atoms with Gasteiger partial charge in [0.25, 0.3) is 0 Å². The Balaban J connectivity index is 2.36. The van der Waals surface area contributed by atoms with Gasteiger partial charge in [0.05, 0.1) is 19.8 Å². The number of Topliss-reactive ketones (excluding diaryl/α,β-unsaturated/α-hetero) is 1. The third-order valence-electron chi connectivity index (χ3n) is 3.06. The lowest BCUT2D eigenvalue weighted by molar-refractivity contribution is 0.0983. The third-order valence-corrected chi connectivity index (χ3v) is 3.52. The van der Waals surface area contributed by atoms with Crippen LogP contribution in [0.4, 0.5) is 4.39 Å². The van der Waals surface area contributed by atoms with Crippen molar-refractivity contribution in [1.82, 2.24) is 0 Å². The van der Waals surface area contributed by atoms with Crippen LogP contribution < -0.4 is 9.47 Å². The Morgan fingerprint density at radius 1 is 1.10 bits per heavy atom. The first-order chi connectivity index (χ1) is 10.1. The summed E-state index contributed by atoms with van der Waals surface area (Å²) in [6.45, 7) is 0. The second-order valence-electron chi connectivity index (χ2n) is 4.34. The van der Waals surface area contributed by atoms with E-state index in [2.05, 4.69) is 0 Å². The highest BCUT2D eigenvalue weighted by Crippen LogP contribution is 2.31. The summed E-state index contributed by atoms with van der Waals surface area (Å²) < 4.78 is 23.2. The summed E-state index contributed by atoms with van der Waals surface area (Å²) in [5, 5.41) is -0.924. The molecule has 2 aromatic rings. The molecule has 5 heteroatoms. The zero-order valence-electron chi connectivity index (χ0n) is 11.6. The van der Waals surface area contributed by atoms with Gasteiger partial charge in [0, 0.05) is 0 Å². The summed E-state index contributed by atoms with van der Waals surface area (Å²) in [5.74, 6) is 0.226. The van der Waals surface area contributed by atoms with Crippen molar-refractivity contribution < 1.29 is 18.7 Å². The molecule has 0 bridgehead atoms. The summed E-state index contributed by atoms with van der Waals surface area (Å²) in [5.41, 5.74) is 0.842. The Bertz CT molecular complexity index is 640. The summed E-state index contributed by atoms with van der Waals surface area (Å²) in [7, 11) is 2.98. The first-order valence-corrected chi connectivity index (χ1v) is 6.66. The van der Waals surface area contributed by atoms with Gasteiger partial charge in [-0.3, -0.25) is 4.79 Å². The lowest BCUT2D eigenvalue weighted by Gasteiger charge is -2.13. The smallest absolute Gasteiger partial charge is 0.188 e. The van der Waals surface area contributed by atoms with Crippen LogP contribution in [0.25, 0.3) is 0 Å². The molecule has 0 saturated carbocycles. The number of rotatable bonds is 5. The minimum absolute atomic E-state index is 0.321. The molecule has 0 aliphatic heterocycles. The molecule has 1 unspecified atom stereocenters. The van der Waals surface area contributed by atoms with Crippen molar-refractivity contribution in [2.45, 2.75) is 5.38 Å². The highest BCUT2D eigenvalue weighted by molar-refractivity contribution is 6.34. The van der Waals surface area contributed by atoms with Crippen LogP contribution in [-0.4, -0.2) is 20.0 Å². The van der Waals surface area contributed by atoms with Gasteiger partial charge in [-0.05, 0) is 35.9 Å². The molecule has 0 aromatic heterocycles. The summed E-state index contributed by atoms with van der Waals surface area (Å²) in [6, 6.07) is 10.4. The number of ketones is 1. The molecule has 0 radical (unpaired) electrons. The van der Waals surface area contributed by atoms with Crippen LogP contribution in [0.2, 0.25) is 0 Å². The monoisotopic (exact) mass is 308 g/mol. The van der Waals surface area contributed by atoms with E-state index in [1.54, 1.807) is 18.2 Å². The van der Waals surface area contributed by atoms with E-state index < -0.39 is 5.38 Å². The second kappa shape index (κ2) is 6.59. The van der Waals surface area contributed by atoms with Crippen molar-refractivity contribution in [3.63, 3.8) is 0 Å². The van der Waals surface area contributed by atoms with E-state index in [9.17, 15) is 9.18 Å². The maximum atomic E-state index is 12.9. The van der Waals surface area contributed by atoms with Gasteiger partial charge in [-0.1, -0.05) is 12.1 Å². The van der Waals surface area contributed by atoms with Crippen molar-refractivity contribution in [1.29, 1.82) is 0 Å². The molecule has 0 N–H and O–H groups in total. The van der Waals surface area contributed by atoms with E-state index in [1.807, 2.05) is 0 Å². The van der Waals surface area contributed by atoms with Crippen LogP contribution in [-0.2, 0) is 0 Å². The quantitative estimate of drug-likeness (QED) is 0.618. The molecule has 0 heterocycles. The molecule has 1 atom stereocenters. The van der Waals surface area contributed by atoms with E-state index >= 15 is 0 Å². The normalized spacial score (nSPS) is 11.8. The molecule has 3 nitrogen and oxygen atoms in total. The third kappa shape index (κ3) is 3.34. The van der Waals surface area contributed by atoms with E-state index in [4.69, 9.17) is 21.1 Å². The summed E-state index contributed by atoms with van der Waals surface area (Å²) >= 11 is 6.20. The molecule has 0 aliphatic rings. The van der Waals surface area contributed by atoms with Gasteiger partial charge in [-0.25, -0.2) is 4.39 Å². The Labute approximate surface area is 127 Å². The largest absolute Gasteiger partial charge is 0.497 e. The number of hydrogen-bond donors (Lipinski definition) is 0. The molecule has 2 aromatic carbocycles. The first kappa shape index (κ1) is 15.3. The minimum Gasteiger partial charge on any atom is -0.497 e. The number of carbonyl (C=O) groups is 1. The van der Waals surface area contributed by atoms with Crippen molar-refractivity contribution in [3.8, 4) is 11.5 Å². The Morgan fingerprint density at radius 2 is 1.76 bits per heavy atom. The molecule has 21 heavy (non-hydrogen) atoms. The fourth-order valence-corrected chi connectivity index (χ4v) is 2.19. The van der Waals surface area contributed by atoms with E-state index in [0.717, 1.165) is 0 Å². The molecule has 110 valence electrons. The van der Waals surface area contributed by atoms with Crippen LogP contribution >= 0.6 is 11.6 Å². The van der Waals surface area contributed by atoms with Crippen LogP contribution in [0, 0.1) is 5.82 Å². The van der Waals surface area contributed by atoms with Crippen LogP contribution in [0.3, 0.4) is 0 Å². The number of benzene rings is 2. The standard InChI is InChI=1S/C16H14ClFO3/c1-20-12-7-8-14(21-2)13(9-12)16(19)15(17)10-3-5-11(18)6-4-10/h3-9,15H,1-2H3. The van der Waals surface area contributed by atoms with Crippen molar-refractivity contribution in [2.24, 2.45) is 0 Å². The maximum absolute atomic E-state index is 12.9. The lowest BCUT2D eigenvalue weighted by Crippen LogP contribution is -2.09. The number of methoxy groups -OCH3 is 2. The molecule has 0 fully saturated rings. The predicted molar refractivity (Wildman–Crippen MR) is 78.9 cm³/mol. The van der Waals surface area contributed by atoms with E-state index in [0.29, 0.717) is 22.6 Å². The number of carbonyl (C=O) groups excluding carboxylic acids is 1. The minimum atomic E-state index is -0.924. The Hall–Kier alpha value is -2.07.